The molecule has 1 heterocycles. The van der Waals surface area contributed by atoms with Crippen molar-refractivity contribution in [3.63, 3.8) is 0 Å². The number of nitrogens with zero attached hydrogens (tertiary/aromatic N) is 3. The van der Waals surface area contributed by atoms with Gasteiger partial charge in [-0.2, -0.15) is 5.10 Å². The Morgan fingerprint density at radius 1 is 1.36 bits per heavy atom. The molecule has 1 aliphatic carbocycles. The second-order valence-corrected chi connectivity index (χ2v) is 6.36. The number of anilines is 1. The lowest BCUT2D eigenvalue weighted by Gasteiger charge is -2.37. The minimum atomic E-state index is -0.730. The summed E-state index contributed by atoms with van der Waals surface area (Å²) in [6, 6.07) is 7.99. The number of hydrogen-bond donors (Lipinski definition) is 1. The number of carbonyl (C=O) groups is 2. The van der Waals surface area contributed by atoms with Gasteiger partial charge in [-0.05, 0) is 32.3 Å². The van der Waals surface area contributed by atoms with Crippen LogP contribution in [0.15, 0.2) is 30.3 Å². The minimum absolute atomic E-state index is 0.0221. The van der Waals surface area contributed by atoms with Gasteiger partial charge < -0.3 is 10.2 Å². The van der Waals surface area contributed by atoms with E-state index in [4.69, 9.17) is 0 Å². The first-order chi connectivity index (χ1) is 12.0. The van der Waals surface area contributed by atoms with E-state index in [2.05, 4.69) is 10.4 Å². The second kappa shape index (κ2) is 7.04. The third kappa shape index (κ3) is 3.70. The number of nitrogens with one attached hydrogen (secondary N) is 1. The summed E-state index contributed by atoms with van der Waals surface area (Å²) in [5.41, 5.74) is 1.15. The zero-order chi connectivity index (χ0) is 18.0. The lowest BCUT2D eigenvalue weighted by molar-refractivity contribution is -0.146. The number of aromatic nitrogens is 2. The van der Waals surface area contributed by atoms with E-state index in [-0.39, 0.29) is 18.4 Å². The highest BCUT2D eigenvalue weighted by atomic mass is 19.1. The Balaban J connectivity index is 1.76. The maximum Gasteiger partial charge on any atom is 0.315 e. The molecule has 25 heavy (non-hydrogen) atoms. The number of carbonyl (C=O) groups excluding carboxylic acids is 2. The Morgan fingerprint density at radius 2 is 2.08 bits per heavy atom. The van der Waals surface area contributed by atoms with Crippen molar-refractivity contribution < 1.29 is 14.0 Å². The number of halogens is 1. The van der Waals surface area contributed by atoms with Crippen LogP contribution in [-0.4, -0.2) is 32.5 Å². The molecular formula is C18H21FN4O2. The lowest BCUT2D eigenvalue weighted by Crippen LogP contribution is -2.48. The average Bonchev–Trinajstić information content (AvgIpc) is 2.83. The molecule has 6 nitrogen and oxygen atoms in total. The zero-order valence-corrected chi connectivity index (χ0v) is 14.3. The van der Waals surface area contributed by atoms with Gasteiger partial charge in [0.1, 0.15) is 11.6 Å². The molecule has 0 bridgehead atoms. The highest BCUT2D eigenvalue weighted by molar-refractivity contribution is 6.39. The van der Waals surface area contributed by atoms with Crippen molar-refractivity contribution in [2.24, 2.45) is 7.05 Å². The van der Waals surface area contributed by atoms with Gasteiger partial charge in [-0.15, -0.1) is 0 Å². The molecule has 3 rings (SSSR count). The molecule has 1 aromatic heterocycles. The molecule has 1 aromatic carbocycles. The van der Waals surface area contributed by atoms with Gasteiger partial charge in [0.05, 0.1) is 5.69 Å². The highest BCUT2D eigenvalue weighted by Gasteiger charge is 2.33. The Morgan fingerprint density at radius 3 is 2.64 bits per heavy atom. The molecule has 0 radical (unpaired) electrons. The molecule has 7 heteroatoms. The van der Waals surface area contributed by atoms with E-state index >= 15 is 0 Å². The minimum Gasteiger partial charge on any atom is -0.327 e. The van der Waals surface area contributed by atoms with Crippen LogP contribution >= 0.6 is 0 Å². The van der Waals surface area contributed by atoms with E-state index in [1.807, 2.05) is 0 Å². The summed E-state index contributed by atoms with van der Waals surface area (Å²) in [6.07, 6.45) is 2.67. The predicted octanol–water partition coefficient (Wildman–Crippen LogP) is 2.39. The van der Waals surface area contributed by atoms with Gasteiger partial charge in [-0.3, -0.25) is 14.3 Å². The van der Waals surface area contributed by atoms with E-state index < -0.39 is 11.8 Å². The summed E-state index contributed by atoms with van der Waals surface area (Å²) in [6.45, 7) is 1.89. The van der Waals surface area contributed by atoms with Gasteiger partial charge in [0.15, 0.2) is 0 Å². The van der Waals surface area contributed by atoms with Gasteiger partial charge in [-0.25, -0.2) is 4.39 Å². The zero-order valence-electron chi connectivity index (χ0n) is 14.3. The maximum absolute atomic E-state index is 14.0. The monoisotopic (exact) mass is 344 g/mol. The van der Waals surface area contributed by atoms with E-state index in [9.17, 15) is 14.0 Å². The van der Waals surface area contributed by atoms with Crippen LogP contribution in [0.3, 0.4) is 0 Å². The molecule has 0 saturated heterocycles. The molecule has 0 atom stereocenters. The number of benzene rings is 1. The SMILES string of the molecule is Cc1cc(NC(=O)C(=O)N(Cc2ccccc2F)C2CCC2)n(C)n1. The molecule has 132 valence electrons. The number of hydrogen-bond acceptors (Lipinski definition) is 3. The molecule has 1 saturated carbocycles. The van der Waals surface area contributed by atoms with Crippen LogP contribution in [0.1, 0.15) is 30.5 Å². The summed E-state index contributed by atoms with van der Waals surface area (Å²) in [7, 11) is 1.69. The van der Waals surface area contributed by atoms with Crippen molar-refractivity contribution in [3.8, 4) is 0 Å². The van der Waals surface area contributed by atoms with Crippen LogP contribution in [0, 0.1) is 12.7 Å². The topological polar surface area (TPSA) is 67.2 Å². The third-order valence-corrected chi connectivity index (χ3v) is 4.51. The first-order valence-corrected chi connectivity index (χ1v) is 8.31. The molecule has 0 aliphatic heterocycles. The van der Waals surface area contributed by atoms with Gasteiger partial charge in [-0.1, -0.05) is 18.2 Å². The molecule has 0 spiro atoms. The second-order valence-electron chi connectivity index (χ2n) is 6.36. The number of amides is 2. The number of rotatable bonds is 4. The van der Waals surface area contributed by atoms with E-state index in [0.717, 1.165) is 25.0 Å². The Hall–Kier alpha value is -2.70. The molecule has 2 aromatic rings. The quantitative estimate of drug-likeness (QED) is 0.866. The van der Waals surface area contributed by atoms with Crippen molar-refractivity contribution in [2.45, 2.75) is 38.8 Å². The summed E-state index contributed by atoms with van der Waals surface area (Å²) in [5, 5.41) is 6.73. The van der Waals surface area contributed by atoms with E-state index in [1.165, 1.54) is 15.6 Å². The Bertz CT molecular complexity index is 798. The summed E-state index contributed by atoms with van der Waals surface area (Å²) >= 11 is 0. The van der Waals surface area contributed by atoms with E-state index in [1.54, 1.807) is 38.2 Å². The van der Waals surface area contributed by atoms with Gasteiger partial charge >= 0.3 is 11.8 Å². The van der Waals surface area contributed by atoms with Crippen LogP contribution in [0.5, 0.6) is 0 Å². The van der Waals surface area contributed by atoms with Crippen molar-refractivity contribution >= 4 is 17.6 Å². The van der Waals surface area contributed by atoms with Gasteiger partial charge in [0.2, 0.25) is 0 Å². The van der Waals surface area contributed by atoms with Crippen LogP contribution in [0.25, 0.3) is 0 Å². The lowest BCUT2D eigenvalue weighted by atomic mass is 9.91. The van der Waals surface area contributed by atoms with Crippen molar-refractivity contribution in [3.05, 3.63) is 47.4 Å². The van der Waals surface area contributed by atoms with Gasteiger partial charge in [0.25, 0.3) is 0 Å². The Kier molecular flexibility index (Phi) is 4.83. The van der Waals surface area contributed by atoms with Crippen LogP contribution in [0.2, 0.25) is 0 Å². The van der Waals surface area contributed by atoms with Crippen molar-refractivity contribution in [2.75, 3.05) is 5.32 Å². The van der Waals surface area contributed by atoms with Crippen molar-refractivity contribution in [1.29, 1.82) is 0 Å². The molecule has 2 amide bonds. The molecule has 1 aliphatic rings. The highest BCUT2D eigenvalue weighted by Crippen LogP contribution is 2.27. The van der Waals surface area contributed by atoms with Crippen LogP contribution in [-0.2, 0) is 23.2 Å². The smallest absolute Gasteiger partial charge is 0.315 e. The summed E-state index contributed by atoms with van der Waals surface area (Å²) < 4.78 is 15.5. The molecule has 1 N–H and O–H groups in total. The third-order valence-electron chi connectivity index (χ3n) is 4.51. The molecular weight excluding hydrogens is 323 g/mol. The largest absolute Gasteiger partial charge is 0.327 e. The first kappa shape index (κ1) is 17.1. The van der Waals surface area contributed by atoms with Crippen LogP contribution in [0.4, 0.5) is 10.2 Å². The van der Waals surface area contributed by atoms with Gasteiger partial charge in [0, 0.05) is 31.3 Å². The summed E-state index contributed by atoms with van der Waals surface area (Å²) in [4.78, 5) is 26.5. The average molecular weight is 344 g/mol. The fourth-order valence-corrected chi connectivity index (χ4v) is 2.90. The first-order valence-electron chi connectivity index (χ1n) is 8.31. The van der Waals surface area contributed by atoms with Crippen LogP contribution < -0.4 is 5.32 Å². The number of aryl methyl sites for hydroxylation is 2. The Labute approximate surface area is 145 Å². The maximum atomic E-state index is 14.0. The van der Waals surface area contributed by atoms with Crippen molar-refractivity contribution in [1.82, 2.24) is 14.7 Å². The normalized spacial score (nSPS) is 14.0. The molecule has 1 fully saturated rings. The fraction of sp³-hybridized carbons (Fsp3) is 0.389. The fourth-order valence-electron chi connectivity index (χ4n) is 2.90. The predicted molar refractivity (Wildman–Crippen MR) is 91.2 cm³/mol. The summed E-state index contributed by atoms with van der Waals surface area (Å²) in [5.74, 6) is -1.30. The standard InChI is InChI=1S/C18H21FN4O2/c1-12-10-16(22(2)21-12)20-17(24)18(25)23(14-7-5-8-14)11-13-6-3-4-9-15(13)19/h3-4,6,9-10,14H,5,7-8,11H2,1-2H3,(H,20,24). The molecule has 0 unspecified atom stereocenters. The van der Waals surface area contributed by atoms with E-state index in [0.29, 0.717) is 11.4 Å².